The van der Waals surface area contributed by atoms with Gasteiger partial charge in [0.15, 0.2) is 0 Å². The summed E-state index contributed by atoms with van der Waals surface area (Å²) >= 11 is 0. The number of aromatic nitrogens is 1. The highest BCUT2D eigenvalue weighted by Crippen LogP contribution is 2.34. The van der Waals surface area contributed by atoms with Gasteiger partial charge in [0.2, 0.25) is 5.89 Å². The lowest BCUT2D eigenvalue weighted by Gasteiger charge is -2.03. The molecular formula is C12H20N2O2. The number of nitrogens with one attached hydrogen (secondary N) is 1. The summed E-state index contributed by atoms with van der Waals surface area (Å²) < 4.78 is 10.7. The number of methoxy groups -OCH3 is 1. The van der Waals surface area contributed by atoms with Gasteiger partial charge in [0.1, 0.15) is 5.76 Å². The minimum Gasteiger partial charge on any atom is -0.444 e. The first-order valence-corrected chi connectivity index (χ1v) is 6.04. The van der Waals surface area contributed by atoms with E-state index >= 15 is 0 Å². The molecule has 1 N–H and O–H groups in total. The van der Waals surface area contributed by atoms with Crippen LogP contribution >= 0.6 is 0 Å². The molecule has 1 aromatic rings. The highest BCUT2D eigenvalue weighted by Gasteiger charge is 2.20. The number of hydrogen-bond donors (Lipinski definition) is 1. The maximum Gasteiger partial charge on any atom is 0.208 e. The van der Waals surface area contributed by atoms with Gasteiger partial charge in [0, 0.05) is 19.6 Å². The second-order valence-electron chi connectivity index (χ2n) is 4.31. The summed E-state index contributed by atoms with van der Waals surface area (Å²) in [6.07, 6.45) is 7.06. The molecule has 0 unspecified atom stereocenters. The number of oxazole rings is 1. The molecule has 1 aliphatic rings. The lowest BCUT2D eigenvalue weighted by molar-refractivity contribution is 0.198. The maximum absolute atomic E-state index is 5.73. The Balaban J connectivity index is 1.77. The van der Waals surface area contributed by atoms with Crippen molar-refractivity contribution in [1.29, 1.82) is 0 Å². The van der Waals surface area contributed by atoms with Crippen molar-refractivity contribution in [3.8, 4) is 0 Å². The molecule has 0 amide bonds. The van der Waals surface area contributed by atoms with E-state index in [4.69, 9.17) is 9.15 Å². The second kappa shape index (κ2) is 6.01. The van der Waals surface area contributed by atoms with Crippen molar-refractivity contribution in [2.45, 2.75) is 38.1 Å². The Morgan fingerprint density at radius 3 is 3.06 bits per heavy atom. The molecule has 4 nitrogen and oxygen atoms in total. The third kappa shape index (κ3) is 3.06. The van der Waals surface area contributed by atoms with Crippen LogP contribution in [0.15, 0.2) is 10.6 Å². The summed E-state index contributed by atoms with van der Waals surface area (Å²) in [6.45, 7) is 2.24. The monoisotopic (exact) mass is 224 g/mol. The van der Waals surface area contributed by atoms with Crippen LogP contribution in [0.2, 0.25) is 0 Å². The van der Waals surface area contributed by atoms with Gasteiger partial charge in [0.25, 0.3) is 0 Å². The number of hydrogen-bond acceptors (Lipinski definition) is 4. The first-order valence-electron chi connectivity index (χ1n) is 6.04. The van der Waals surface area contributed by atoms with Crippen molar-refractivity contribution < 1.29 is 9.15 Å². The van der Waals surface area contributed by atoms with Crippen molar-refractivity contribution in [2.24, 2.45) is 0 Å². The SMILES string of the molecule is COCCNCc1ncc(C2CCCC2)o1. The Morgan fingerprint density at radius 2 is 2.31 bits per heavy atom. The highest BCUT2D eigenvalue weighted by molar-refractivity contribution is 5.03. The molecule has 0 saturated heterocycles. The average molecular weight is 224 g/mol. The van der Waals surface area contributed by atoms with E-state index in [9.17, 15) is 0 Å². The zero-order valence-corrected chi connectivity index (χ0v) is 9.87. The molecule has 16 heavy (non-hydrogen) atoms. The van der Waals surface area contributed by atoms with E-state index in [-0.39, 0.29) is 0 Å². The van der Waals surface area contributed by atoms with Gasteiger partial charge in [0.05, 0.1) is 19.3 Å². The van der Waals surface area contributed by atoms with Crippen molar-refractivity contribution in [2.75, 3.05) is 20.3 Å². The Morgan fingerprint density at radius 1 is 1.50 bits per heavy atom. The van der Waals surface area contributed by atoms with Crippen molar-refractivity contribution in [3.63, 3.8) is 0 Å². The molecule has 90 valence electrons. The fourth-order valence-electron chi connectivity index (χ4n) is 2.17. The van der Waals surface area contributed by atoms with E-state index in [0.29, 0.717) is 12.5 Å². The second-order valence-corrected chi connectivity index (χ2v) is 4.31. The molecule has 1 fully saturated rings. The lowest BCUT2D eigenvalue weighted by Crippen LogP contribution is -2.18. The summed E-state index contributed by atoms with van der Waals surface area (Å²) in [5.74, 6) is 2.47. The first-order chi connectivity index (χ1) is 7.90. The molecule has 0 aromatic carbocycles. The summed E-state index contributed by atoms with van der Waals surface area (Å²) in [4.78, 5) is 4.29. The van der Waals surface area contributed by atoms with Crippen LogP contribution in [0.3, 0.4) is 0 Å². The van der Waals surface area contributed by atoms with Crippen molar-refractivity contribution in [3.05, 3.63) is 17.8 Å². The average Bonchev–Trinajstić information content (AvgIpc) is 2.94. The predicted octanol–water partition coefficient (Wildman–Crippen LogP) is 2.07. The number of ether oxygens (including phenoxy) is 1. The predicted molar refractivity (Wildman–Crippen MR) is 61.3 cm³/mol. The van der Waals surface area contributed by atoms with Gasteiger partial charge in [-0.25, -0.2) is 4.98 Å². The summed E-state index contributed by atoms with van der Waals surface area (Å²) in [6, 6.07) is 0. The number of nitrogens with zero attached hydrogens (tertiary/aromatic N) is 1. The molecule has 2 rings (SSSR count). The van der Waals surface area contributed by atoms with E-state index < -0.39 is 0 Å². The molecule has 4 heteroatoms. The third-order valence-corrected chi connectivity index (χ3v) is 3.09. The van der Waals surface area contributed by atoms with Crippen LogP contribution in [0, 0.1) is 0 Å². The zero-order chi connectivity index (χ0) is 11.2. The van der Waals surface area contributed by atoms with Crippen LogP contribution in [0.5, 0.6) is 0 Å². The van der Waals surface area contributed by atoms with Crippen molar-refractivity contribution in [1.82, 2.24) is 10.3 Å². The Labute approximate surface area is 96.4 Å². The van der Waals surface area contributed by atoms with E-state index in [1.54, 1.807) is 7.11 Å². The van der Waals surface area contributed by atoms with Gasteiger partial charge >= 0.3 is 0 Å². The lowest BCUT2D eigenvalue weighted by atomic mass is 10.1. The fourth-order valence-corrected chi connectivity index (χ4v) is 2.17. The van der Waals surface area contributed by atoms with Crippen LogP contribution < -0.4 is 5.32 Å². The molecular weight excluding hydrogens is 204 g/mol. The summed E-state index contributed by atoms with van der Waals surface area (Å²) in [5, 5.41) is 3.23. The van der Waals surface area contributed by atoms with Gasteiger partial charge in [-0.3, -0.25) is 0 Å². The smallest absolute Gasteiger partial charge is 0.208 e. The van der Waals surface area contributed by atoms with Gasteiger partial charge < -0.3 is 14.5 Å². The van der Waals surface area contributed by atoms with Gasteiger partial charge in [-0.05, 0) is 12.8 Å². The molecule has 1 aliphatic carbocycles. The van der Waals surface area contributed by atoms with E-state index in [1.807, 2.05) is 6.20 Å². The largest absolute Gasteiger partial charge is 0.444 e. The van der Waals surface area contributed by atoms with Crippen LogP contribution in [-0.4, -0.2) is 25.2 Å². The van der Waals surface area contributed by atoms with Gasteiger partial charge in [-0.1, -0.05) is 12.8 Å². The fraction of sp³-hybridized carbons (Fsp3) is 0.750. The molecule has 0 bridgehead atoms. The first kappa shape index (κ1) is 11.6. The topological polar surface area (TPSA) is 47.3 Å². The molecule has 0 aliphatic heterocycles. The van der Waals surface area contributed by atoms with Gasteiger partial charge in [-0.15, -0.1) is 0 Å². The zero-order valence-electron chi connectivity index (χ0n) is 9.87. The van der Waals surface area contributed by atoms with Crippen LogP contribution in [0.1, 0.15) is 43.3 Å². The van der Waals surface area contributed by atoms with Crippen molar-refractivity contribution >= 4 is 0 Å². The molecule has 0 atom stereocenters. The molecule has 1 saturated carbocycles. The van der Waals surface area contributed by atoms with E-state index in [2.05, 4.69) is 10.3 Å². The quantitative estimate of drug-likeness (QED) is 0.751. The third-order valence-electron chi connectivity index (χ3n) is 3.09. The molecule has 1 aromatic heterocycles. The molecule has 0 radical (unpaired) electrons. The van der Waals surface area contributed by atoms with E-state index in [0.717, 1.165) is 24.8 Å². The van der Waals surface area contributed by atoms with E-state index in [1.165, 1.54) is 25.7 Å². The molecule has 1 heterocycles. The van der Waals surface area contributed by atoms with Crippen LogP contribution in [0.4, 0.5) is 0 Å². The minimum atomic E-state index is 0.611. The maximum atomic E-state index is 5.73. The normalized spacial score (nSPS) is 17.1. The Hall–Kier alpha value is -0.870. The van der Waals surface area contributed by atoms with Crippen LogP contribution in [0.25, 0.3) is 0 Å². The van der Waals surface area contributed by atoms with Crippen LogP contribution in [-0.2, 0) is 11.3 Å². The Kier molecular flexibility index (Phi) is 4.36. The molecule has 0 spiro atoms. The van der Waals surface area contributed by atoms with Gasteiger partial charge in [-0.2, -0.15) is 0 Å². The summed E-state index contributed by atoms with van der Waals surface area (Å²) in [7, 11) is 1.70. The Bertz CT molecular complexity index is 306. The highest BCUT2D eigenvalue weighted by atomic mass is 16.5. The standard InChI is InChI=1S/C12H20N2O2/c1-15-7-6-13-9-12-14-8-11(16-12)10-4-2-3-5-10/h8,10,13H,2-7,9H2,1H3. The number of rotatable bonds is 6. The summed E-state index contributed by atoms with van der Waals surface area (Å²) in [5.41, 5.74) is 0. The minimum absolute atomic E-state index is 0.611.